The lowest BCUT2D eigenvalue weighted by Crippen LogP contribution is -2.01. The lowest BCUT2D eigenvalue weighted by molar-refractivity contribution is 0.301. The van der Waals surface area contributed by atoms with Crippen LogP contribution in [0.1, 0.15) is 39.0 Å². The van der Waals surface area contributed by atoms with E-state index in [1.54, 1.807) is 0 Å². The molecule has 1 rings (SSSR count). The average molecular weight is 388 g/mol. The number of unbranched alkanes of at least 4 members (excludes halogenated alkanes) is 4. The van der Waals surface area contributed by atoms with E-state index in [1.165, 1.54) is 12.8 Å². The van der Waals surface area contributed by atoms with Crippen LogP contribution in [0.3, 0.4) is 0 Å². The molecule has 0 N–H and O–H groups in total. The molecule has 0 bridgehead atoms. The highest BCUT2D eigenvalue weighted by atomic mass is 79.9. The van der Waals surface area contributed by atoms with Crippen molar-refractivity contribution in [1.29, 1.82) is 0 Å². The van der Waals surface area contributed by atoms with E-state index in [0.29, 0.717) is 11.1 Å². The minimum absolute atomic E-state index is 0.280. The number of halogens is 3. The predicted molar refractivity (Wildman–Crippen MR) is 81.4 cm³/mol. The average Bonchev–Trinajstić information content (AvgIpc) is 2.35. The van der Waals surface area contributed by atoms with Gasteiger partial charge in [-0.15, -0.1) is 0 Å². The summed E-state index contributed by atoms with van der Waals surface area (Å²) in [5.74, 6) is -0.633. The van der Waals surface area contributed by atoms with Gasteiger partial charge >= 0.3 is 0 Å². The Bertz CT molecular complexity index is 549. The highest BCUT2D eigenvalue weighted by Gasteiger charge is 2.19. The monoisotopic (exact) mass is 386 g/mol. The topological polar surface area (TPSA) is 43.4 Å². The van der Waals surface area contributed by atoms with Crippen molar-refractivity contribution < 1.29 is 17.5 Å². The molecule has 0 unspecified atom stereocenters. The quantitative estimate of drug-likeness (QED) is 0.472. The fourth-order valence-corrected chi connectivity index (χ4v) is 3.21. The van der Waals surface area contributed by atoms with Crippen LogP contribution in [-0.2, 0) is 9.05 Å². The van der Waals surface area contributed by atoms with Crippen molar-refractivity contribution in [2.75, 3.05) is 6.61 Å². The SMILES string of the molecule is CCCCCCCOc1cc(F)c(S(=O)(=O)Cl)cc1Br. The molecule has 0 saturated carbocycles. The van der Waals surface area contributed by atoms with Crippen LogP contribution in [0.4, 0.5) is 4.39 Å². The van der Waals surface area contributed by atoms with Crippen LogP contribution >= 0.6 is 26.6 Å². The number of hydrogen-bond acceptors (Lipinski definition) is 3. The van der Waals surface area contributed by atoms with Gasteiger partial charge in [-0.2, -0.15) is 0 Å². The first-order chi connectivity index (χ1) is 9.36. The fraction of sp³-hybridized carbons (Fsp3) is 0.538. The van der Waals surface area contributed by atoms with Gasteiger partial charge in [-0.1, -0.05) is 32.6 Å². The van der Waals surface area contributed by atoms with Crippen LogP contribution in [0, 0.1) is 5.82 Å². The Morgan fingerprint density at radius 3 is 2.50 bits per heavy atom. The van der Waals surface area contributed by atoms with Crippen molar-refractivity contribution >= 4 is 35.7 Å². The molecule has 1 aromatic carbocycles. The summed E-state index contributed by atoms with van der Waals surface area (Å²) in [5, 5.41) is 0. The van der Waals surface area contributed by atoms with E-state index >= 15 is 0 Å². The molecule has 1 aromatic rings. The predicted octanol–water partition coefficient (Wildman–Crippen LogP) is 4.86. The third-order valence-electron chi connectivity index (χ3n) is 2.75. The molecular weight excluding hydrogens is 371 g/mol. The van der Waals surface area contributed by atoms with Gasteiger partial charge in [-0.05, 0) is 28.4 Å². The summed E-state index contributed by atoms with van der Waals surface area (Å²) in [4.78, 5) is -0.554. The second-order valence-electron chi connectivity index (χ2n) is 4.41. The van der Waals surface area contributed by atoms with E-state index in [0.717, 1.165) is 31.4 Å². The largest absolute Gasteiger partial charge is 0.492 e. The Hall–Kier alpha value is -0.330. The molecule has 0 spiro atoms. The molecule has 0 aliphatic rings. The Morgan fingerprint density at radius 1 is 1.25 bits per heavy atom. The fourth-order valence-electron chi connectivity index (χ4n) is 1.70. The van der Waals surface area contributed by atoms with E-state index in [2.05, 4.69) is 22.9 Å². The summed E-state index contributed by atoms with van der Waals surface area (Å²) in [6.07, 6.45) is 5.46. The van der Waals surface area contributed by atoms with Gasteiger partial charge < -0.3 is 4.74 Å². The number of rotatable bonds is 8. The van der Waals surface area contributed by atoms with Crippen molar-refractivity contribution in [2.24, 2.45) is 0 Å². The summed E-state index contributed by atoms with van der Waals surface area (Å²) in [6.45, 7) is 2.61. The number of hydrogen-bond donors (Lipinski definition) is 0. The molecule has 0 heterocycles. The molecule has 0 amide bonds. The second kappa shape index (κ2) is 8.20. The second-order valence-corrected chi connectivity index (χ2v) is 7.80. The van der Waals surface area contributed by atoms with Gasteiger partial charge in [0.15, 0.2) is 0 Å². The van der Waals surface area contributed by atoms with Gasteiger partial charge in [-0.3, -0.25) is 0 Å². The lowest BCUT2D eigenvalue weighted by Gasteiger charge is -2.09. The maximum atomic E-state index is 13.6. The van der Waals surface area contributed by atoms with Crippen molar-refractivity contribution in [2.45, 2.75) is 43.9 Å². The van der Waals surface area contributed by atoms with E-state index in [9.17, 15) is 12.8 Å². The molecule has 0 radical (unpaired) electrons. The maximum Gasteiger partial charge on any atom is 0.264 e. The highest BCUT2D eigenvalue weighted by molar-refractivity contribution is 9.10. The van der Waals surface area contributed by atoms with Crippen LogP contribution < -0.4 is 4.74 Å². The highest BCUT2D eigenvalue weighted by Crippen LogP contribution is 2.31. The summed E-state index contributed by atoms with van der Waals surface area (Å²) in [7, 11) is 1.04. The third-order valence-corrected chi connectivity index (χ3v) is 4.71. The van der Waals surface area contributed by atoms with Crippen LogP contribution in [0.25, 0.3) is 0 Å². The van der Waals surface area contributed by atoms with Gasteiger partial charge in [0.05, 0.1) is 11.1 Å². The molecule has 0 saturated heterocycles. The zero-order valence-corrected chi connectivity index (χ0v) is 14.3. The van der Waals surface area contributed by atoms with E-state index in [1.807, 2.05) is 0 Å². The number of benzene rings is 1. The van der Waals surface area contributed by atoms with Crippen molar-refractivity contribution in [3.63, 3.8) is 0 Å². The molecule has 3 nitrogen and oxygen atoms in total. The van der Waals surface area contributed by atoms with Gasteiger partial charge in [0.1, 0.15) is 16.5 Å². The van der Waals surface area contributed by atoms with Crippen LogP contribution in [0.15, 0.2) is 21.5 Å². The molecule has 114 valence electrons. The summed E-state index contributed by atoms with van der Waals surface area (Å²) >= 11 is 3.15. The first-order valence-corrected chi connectivity index (χ1v) is 9.53. The molecule has 20 heavy (non-hydrogen) atoms. The van der Waals surface area contributed by atoms with E-state index in [4.69, 9.17) is 15.4 Å². The van der Waals surface area contributed by atoms with Crippen molar-refractivity contribution in [1.82, 2.24) is 0 Å². The Balaban J connectivity index is 2.62. The molecule has 0 aromatic heterocycles. The first kappa shape index (κ1) is 17.7. The van der Waals surface area contributed by atoms with Gasteiger partial charge in [0.25, 0.3) is 9.05 Å². The molecule has 0 aliphatic heterocycles. The van der Waals surface area contributed by atoms with Crippen LogP contribution in [-0.4, -0.2) is 15.0 Å². The zero-order valence-electron chi connectivity index (χ0n) is 11.2. The van der Waals surface area contributed by atoms with Crippen LogP contribution in [0.5, 0.6) is 5.75 Å². The summed E-state index contributed by atoms with van der Waals surface area (Å²) in [5.41, 5.74) is 0. The summed E-state index contributed by atoms with van der Waals surface area (Å²) < 4.78 is 41.7. The van der Waals surface area contributed by atoms with Crippen molar-refractivity contribution in [3.8, 4) is 5.75 Å². The lowest BCUT2D eigenvalue weighted by atomic mass is 10.2. The number of ether oxygens (including phenoxy) is 1. The molecule has 0 atom stereocenters. The first-order valence-electron chi connectivity index (χ1n) is 6.42. The molecule has 7 heteroatoms. The van der Waals surface area contributed by atoms with Gasteiger partial charge in [0, 0.05) is 16.7 Å². The minimum atomic E-state index is -4.10. The Kier molecular flexibility index (Phi) is 7.26. The maximum absolute atomic E-state index is 13.6. The van der Waals surface area contributed by atoms with E-state index in [-0.39, 0.29) is 5.75 Å². The minimum Gasteiger partial charge on any atom is -0.492 e. The third kappa shape index (κ3) is 5.58. The van der Waals surface area contributed by atoms with Crippen molar-refractivity contribution in [3.05, 3.63) is 22.4 Å². The molecule has 0 aliphatic carbocycles. The molecular formula is C13H17BrClFO3S. The Morgan fingerprint density at radius 2 is 1.90 bits per heavy atom. The smallest absolute Gasteiger partial charge is 0.264 e. The van der Waals surface area contributed by atoms with Crippen LogP contribution in [0.2, 0.25) is 0 Å². The summed E-state index contributed by atoms with van der Waals surface area (Å²) in [6, 6.07) is 2.15. The normalized spacial score (nSPS) is 11.6. The Labute approximate surface area is 132 Å². The zero-order chi connectivity index (χ0) is 15.2. The molecule has 0 fully saturated rings. The standard InChI is InChI=1S/C13H17BrClFO3S/c1-2-3-4-5-6-7-19-12-9-11(16)13(8-10(12)14)20(15,17)18/h8-9H,2-7H2,1H3. The van der Waals surface area contributed by atoms with E-state index < -0.39 is 19.8 Å². The van der Waals surface area contributed by atoms with Gasteiger partial charge in [-0.25, -0.2) is 12.8 Å². The van der Waals surface area contributed by atoms with Gasteiger partial charge in [0.2, 0.25) is 0 Å².